The maximum Gasteiger partial charge on any atom is 0.157 e. The zero-order valence-corrected chi connectivity index (χ0v) is 7.01. The van der Waals surface area contributed by atoms with Crippen molar-refractivity contribution in [2.75, 3.05) is 0 Å². The Kier molecular flexibility index (Phi) is 1.81. The first-order valence-corrected chi connectivity index (χ1v) is 4.14. The number of phenolic OH excluding ortho intramolecular Hbond substituents is 2. The molecule has 0 fully saturated rings. The molecule has 0 spiro atoms. The third-order valence-corrected chi connectivity index (χ3v) is 2.13. The summed E-state index contributed by atoms with van der Waals surface area (Å²) in [5.74, 6) is 0.0902. The van der Waals surface area contributed by atoms with Gasteiger partial charge in [-0.1, -0.05) is 30.4 Å². The molecule has 1 aliphatic carbocycles. The molecule has 0 unspecified atom stereocenters. The standard InChI is InChI=1S/C11H10O2/c12-10-6-5-9(7-11(10)13)8-3-1-2-4-8/h1-8,12-13H. The summed E-state index contributed by atoms with van der Waals surface area (Å²) in [6.07, 6.45) is 8.00. The highest BCUT2D eigenvalue weighted by atomic mass is 16.3. The fraction of sp³-hybridized carbons (Fsp3) is 0.0909. The van der Waals surface area contributed by atoms with Gasteiger partial charge < -0.3 is 10.2 Å². The first kappa shape index (κ1) is 7.92. The van der Waals surface area contributed by atoms with Gasteiger partial charge in [-0.05, 0) is 17.7 Å². The summed E-state index contributed by atoms with van der Waals surface area (Å²) in [4.78, 5) is 0. The summed E-state index contributed by atoms with van der Waals surface area (Å²) in [6, 6.07) is 4.89. The molecule has 0 saturated heterocycles. The van der Waals surface area contributed by atoms with Crippen LogP contribution in [0.4, 0.5) is 0 Å². The third kappa shape index (κ3) is 1.43. The van der Waals surface area contributed by atoms with E-state index in [-0.39, 0.29) is 17.4 Å². The van der Waals surface area contributed by atoms with E-state index in [1.54, 1.807) is 12.1 Å². The predicted octanol–water partition coefficient (Wildman–Crippen LogP) is 2.31. The van der Waals surface area contributed by atoms with Crippen molar-refractivity contribution in [1.29, 1.82) is 0 Å². The van der Waals surface area contributed by atoms with Crippen LogP contribution in [0.25, 0.3) is 0 Å². The molecule has 0 amide bonds. The van der Waals surface area contributed by atoms with Crippen LogP contribution in [0.1, 0.15) is 11.5 Å². The van der Waals surface area contributed by atoms with Crippen LogP contribution >= 0.6 is 0 Å². The Labute approximate surface area is 76.5 Å². The highest BCUT2D eigenvalue weighted by molar-refractivity contribution is 5.45. The lowest BCUT2D eigenvalue weighted by Crippen LogP contribution is -1.87. The quantitative estimate of drug-likeness (QED) is 0.641. The van der Waals surface area contributed by atoms with Crippen LogP contribution in [0.2, 0.25) is 0 Å². The molecular weight excluding hydrogens is 164 g/mol. The Bertz CT molecular complexity index is 366. The molecule has 0 aliphatic heterocycles. The number of aromatic hydroxyl groups is 2. The van der Waals surface area contributed by atoms with E-state index in [1.165, 1.54) is 6.07 Å². The van der Waals surface area contributed by atoms with Crippen molar-refractivity contribution in [2.24, 2.45) is 0 Å². The topological polar surface area (TPSA) is 40.5 Å². The molecule has 2 N–H and O–H groups in total. The molecule has 0 aromatic heterocycles. The molecule has 1 aromatic carbocycles. The van der Waals surface area contributed by atoms with Gasteiger partial charge in [-0.25, -0.2) is 0 Å². The second kappa shape index (κ2) is 2.98. The van der Waals surface area contributed by atoms with E-state index in [9.17, 15) is 5.11 Å². The molecule has 66 valence electrons. The number of hydrogen-bond donors (Lipinski definition) is 2. The van der Waals surface area contributed by atoms with Gasteiger partial charge in [0.1, 0.15) is 0 Å². The Morgan fingerprint density at radius 3 is 2.23 bits per heavy atom. The Balaban J connectivity index is 2.36. The van der Waals surface area contributed by atoms with Crippen molar-refractivity contribution >= 4 is 0 Å². The van der Waals surface area contributed by atoms with Crippen molar-refractivity contribution in [3.8, 4) is 11.5 Å². The van der Waals surface area contributed by atoms with E-state index < -0.39 is 0 Å². The lowest BCUT2D eigenvalue weighted by molar-refractivity contribution is 0.403. The molecule has 2 heteroatoms. The highest BCUT2D eigenvalue weighted by Gasteiger charge is 2.08. The molecule has 2 rings (SSSR count). The van der Waals surface area contributed by atoms with E-state index in [2.05, 4.69) is 0 Å². The molecule has 1 aliphatic rings. The van der Waals surface area contributed by atoms with Gasteiger partial charge in [0.15, 0.2) is 11.5 Å². The molecule has 0 heterocycles. The largest absolute Gasteiger partial charge is 0.504 e. The average Bonchev–Trinajstić information content (AvgIpc) is 2.62. The zero-order chi connectivity index (χ0) is 9.26. The van der Waals surface area contributed by atoms with Gasteiger partial charge in [-0.15, -0.1) is 0 Å². The normalized spacial score (nSPS) is 15.4. The van der Waals surface area contributed by atoms with Crippen molar-refractivity contribution in [1.82, 2.24) is 0 Å². The number of allylic oxidation sites excluding steroid dienone is 4. The maximum absolute atomic E-state index is 9.26. The monoisotopic (exact) mass is 174 g/mol. The minimum Gasteiger partial charge on any atom is -0.504 e. The molecule has 0 saturated carbocycles. The molecule has 0 atom stereocenters. The summed E-state index contributed by atoms with van der Waals surface area (Å²) >= 11 is 0. The Morgan fingerprint density at radius 1 is 0.923 bits per heavy atom. The van der Waals surface area contributed by atoms with E-state index in [0.717, 1.165) is 5.56 Å². The molecule has 13 heavy (non-hydrogen) atoms. The van der Waals surface area contributed by atoms with Gasteiger partial charge in [0.2, 0.25) is 0 Å². The predicted molar refractivity (Wildman–Crippen MR) is 50.8 cm³/mol. The van der Waals surface area contributed by atoms with E-state index in [4.69, 9.17) is 5.11 Å². The molecular formula is C11H10O2. The van der Waals surface area contributed by atoms with Crippen LogP contribution < -0.4 is 0 Å². The van der Waals surface area contributed by atoms with Crippen LogP contribution in [0.3, 0.4) is 0 Å². The van der Waals surface area contributed by atoms with Crippen LogP contribution in [-0.2, 0) is 0 Å². The van der Waals surface area contributed by atoms with Crippen LogP contribution in [0.15, 0.2) is 42.5 Å². The van der Waals surface area contributed by atoms with Gasteiger partial charge >= 0.3 is 0 Å². The zero-order valence-electron chi connectivity index (χ0n) is 7.01. The fourth-order valence-corrected chi connectivity index (χ4v) is 1.40. The van der Waals surface area contributed by atoms with E-state index >= 15 is 0 Å². The smallest absolute Gasteiger partial charge is 0.157 e. The molecule has 1 aromatic rings. The maximum atomic E-state index is 9.26. The second-order valence-electron chi connectivity index (χ2n) is 3.04. The van der Waals surface area contributed by atoms with Crippen molar-refractivity contribution in [3.05, 3.63) is 48.1 Å². The average molecular weight is 174 g/mol. The minimum atomic E-state index is -0.0743. The summed E-state index contributed by atoms with van der Waals surface area (Å²) in [6.45, 7) is 0. The summed E-state index contributed by atoms with van der Waals surface area (Å²) in [5.41, 5.74) is 0.986. The highest BCUT2D eigenvalue weighted by Crippen LogP contribution is 2.30. The summed E-state index contributed by atoms with van der Waals surface area (Å²) < 4.78 is 0. The minimum absolute atomic E-state index is 0.0637. The van der Waals surface area contributed by atoms with Crippen molar-refractivity contribution in [3.63, 3.8) is 0 Å². The summed E-state index contributed by atoms with van der Waals surface area (Å²) in [7, 11) is 0. The van der Waals surface area contributed by atoms with Crippen LogP contribution in [-0.4, -0.2) is 10.2 Å². The lowest BCUT2D eigenvalue weighted by Gasteiger charge is -2.06. The SMILES string of the molecule is Oc1ccc(C2C=CC=C2)cc1O. The number of hydrogen-bond acceptors (Lipinski definition) is 2. The fourth-order valence-electron chi connectivity index (χ4n) is 1.40. The van der Waals surface area contributed by atoms with Crippen molar-refractivity contribution < 1.29 is 10.2 Å². The number of phenols is 2. The Hall–Kier alpha value is -1.70. The van der Waals surface area contributed by atoms with Crippen molar-refractivity contribution in [2.45, 2.75) is 5.92 Å². The molecule has 2 nitrogen and oxygen atoms in total. The first-order chi connectivity index (χ1) is 6.27. The van der Waals surface area contributed by atoms with Gasteiger partial charge in [0.25, 0.3) is 0 Å². The first-order valence-electron chi connectivity index (χ1n) is 4.14. The molecule has 0 radical (unpaired) electrons. The number of benzene rings is 1. The van der Waals surface area contributed by atoms with Crippen LogP contribution in [0, 0.1) is 0 Å². The van der Waals surface area contributed by atoms with Gasteiger partial charge in [0.05, 0.1) is 0 Å². The molecule has 0 bridgehead atoms. The van der Waals surface area contributed by atoms with Crippen LogP contribution in [0.5, 0.6) is 11.5 Å². The number of rotatable bonds is 1. The van der Waals surface area contributed by atoms with E-state index in [1.807, 2.05) is 24.3 Å². The second-order valence-corrected chi connectivity index (χ2v) is 3.04. The van der Waals surface area contributed by atoms with Gasteiger partial charge in [-0.2, -0.15) is 0 Å². The third-order valence-electron chi connectivity index (χ3n) is 2.13. The van der Waals surface area contributed by atoms with E-state index in [0.29, 0.717) is 0 Å². The van der Waals surface area contributed by atoms with Gasteiger partial charge in [-0.3, -0.25) is 0 Å². The lowest BCUT2D eigenvalue weighted by atomic mass is 10.0. The summed E-state index contributed by atoms with van der Waals surface area (Å²) in [5, 5.41) is 18.4. The Morgan fingerprint density at radius 2 is 1.62 bits per heavy atom. The van der Waals surface area contributed by atoms with Gasteiger partial charge in [0, 0.05) is 5.92 Å².